The Labute approximate surface area is 156 Å². The lowest BCUT2D eigenvalue weighted by Crippen LogP contribution is -2.14. The molecule has 130 valence electrons. The van der Waals surface area contributed by atoms with Gasteiger partial charge in [0.15, 0.2) is 5.65 Å². The number of fused-ring (bicyclic) bond motifs is 3. The maximum absolute atomic E-state index is 12.0. The zero-order valence-corrected chi connectivity index (χ0v) is 15.1. The Morgan fingerprint density at radius 3 is 3.00 bits per heavy atom. The normalized spacial score (nSPS) is 11.1. The van der Waals surface area contributed by atoms with Crippen LogP contribution in [0.15, 0.2) is 47.6 Å². The lowest BCUT2D eigenvalue weighted by atomic mass is 10.2. The van der Waals surface area contributed by atoms with Gasteiger partial charge in [0.1, 0.15) is 11.0 Å². The summed E-state index contributed by atoms with van der Waals surface area (Å²) in [5, 5.41) is 20.5. The average molecular weight is 383 g/mol. The van der Waals surface area contributed by atoms with E-state index in [4.69, 9.17) is 0 Å². The minimum Gasteiger partial charge on any atom is -0.320 e. The van der Waals surface area contributed by atoms with Crippen molar-refractivity contribution in [3.63, 3.8) is 0 Å². The van der Waals surface area contributed by atoms with E-state index in [1.165, 1.54) is 23.1 Å². The number of thioether (sulfide) groups is 1. The first kappa shape index (κ1) is 16.6. The molecule has 4 aromatic rings. The molecular weight excluding hydrogens is 370 g/mol. The first-order valence-corrected chi connectivity index (χ1v) is 9.54. The quantitative estimate of drug-likeness (QED) is 0.404. The van der Waals surface area contributed by atoms with E-state index in [2.05, 4.69) is 37.3 Å². The van der Waals surface area contributed by atoms with E-state index in [9.17, 15) is 4.79 Å². The van der Waals surface area contributed by atoms with Crippen molar-refractivity contribution in [3.8, 4) is 0 Å². The van der Waals surface area contributed by atoms with Crippen molar-refractivity contribution in [2.45, 2.75) is 11.7 Å². The van der Waals surface area contributed by atoms with Gasteiger partial charge in [0, 0.05) is 11.9 Å². The van der Waals surface area contributed by atoms with Gasteiger partial charge in [-0.3, -0.25) is 10.1 Å². The van der Waals surface area contributed by atoms with Crippen molar-refractivity contribution in [2.24, 2.45) is 0 Å². The predicted molar refractivity (Wildman–Crippen MR) is 102 cm³/mol. The van der Waals surface area contributed by atoms with Crippen LogP contribution in [0.3, 0.4) is 0 Å². The Balaban J connectivity index is 1.60. The summed E-state index contributed by atoms with van der Waals surface area (Å²) in [6.07, 6.45) is 1.82. The fraction of sp³-hybridized carbons (Fsp3) is 0.125. The summed E-state index contributed by atoms with van der Waals surface area (Å²) in [4.78, 5) is 16.6. The molecule has 0 radical (unpaired) electrons. The molecule has 3 aromatic heterocycles. The van der Waals surface area contributed by atoms with Crippen LogP contribution in [0, 0.1) is 0 Å². The number of nitrogens with one attached hydrogen (secondary N) is 1. The molecule has 10 heteroatoms. The van der Waals surface area contributed by atoms with Gasteiger partial charge in [-0.15, -0.1) is 27.0 Å². The van der Waals surface area contributed by atoms with Gasteiger partial charge in [-0.25, -0.2) is 4.98 Å². The number of rotatable bonds is 6. The van der Waals surface area contributed by atoms with Crippen LogP contribution in [0.2, 0.25) is 0 Å². The number of allylic oxidation sites excluding steroid dienone is 1. The Bertz CT molecular complexity index is 1090. The second-order valence-corrected chi connectivity index (χ2v) is 7.04. The van der Waals surface area contributed by atoms with E-state index in [1.807, 2.05) is 34.9 Å². The van der Waals surface area contributed by atoms with Gasteiger partial charge in [0.2, 0.25) is 16.2 Å². The van der Waals surface area contributed by atoms with E-state index in [1.54, 1.807) is 5.51 Å². The van der Waals surface area contributed by atoms with Crippen molar-refractivity contribution in [3.05, 3.63) is 42.4 Å². The Kier molecular flexibility index (Phi) is 4.59. The summed E-state index contributed by atoms with van der Waals surface area (Å²) in [6.45, 7) is 4.43. The fourth-order valence-corrected chi connectivity index (χ4v) is 3.62. The number of aromatic nitrogens is 6. The molecular formula is C16H13N7OS2. The second-order valence-electron chi connectivity index (χ2n) is 5.26. The minimum atomic E-state index is -0.193. The van der Waals surface area contributed by atoms with Crippen LogP contribution in [-0.4, -0.2) is 41.6 Å². The monoisotopic (exact) mass is 383 g/mol. The number of hydrogen-bond donors (Lipinski definition) is 1. The van der Waals surface area contributed by atoms with Gasteiger partial charge in [0.25, 0.3) is 0 Å². The molecule has 1 amide bonds. The zero-order chi connectivity index (χ0) is 17.9. The molecule has 4 rings (SSSR count). The molecule has 0 bridgehead atoms. The molecule has 0 saturated carbocycles. The van der Waals surface area contributed by atoms with E-state index in [0.29, 0.717) is 16.8 Å². The summed E-state index contributed by atoms with van der Waals surface area (Å²) < 4.78 is 2.04. The zero-order valence-electron chi connectivity index (χ0n) is 13.5. The molecule has 0 aliphatic carbocycles. The van der Waals surface area contributed by atoms with Crippen molar-refractivity contribution in [1.29, 1.82) is 0 Å². The van der Waals surface area contributed by atoms with Crippen LogP contribution in [0.4, 0.5) is 5.13 Å². The summed E-state index contributed by atoms with van der Waals surface area (Å²) >= 11 is 2.49. The Morgan fingerprint density at radius 2 is 2.19 bits per heavy atom. The highest BCUT2D eigenvalue weighted by Gasteiger charge is 2.15. The lowest BCUT2D eigenvalue weighted by molar-refractivity contribution is -0.113. The maximum Gasteiger partial charge on any atom is 0.236 e. The van der Waals surface area contributed by atoms with Crippen molar-refractivity contribution in [2.75, 3.05) is 11.1 Å². The molecule has 0 unspecified atom stereocenters. The molecule has 0 aliphatic heterocycles. The number of carbonyl (C=O) groups is 1. The molecule has 0 fully saturated rings. The molecule has 1 aromatic carbocycles. The highest BCUT2D eigenvalue weighted by atomic mass is 32.2. The Morgan fingerprint density at radius 1 is 1.31 bits per heavy atom. The number of nitrogens with zero attached hydrogens (tertiary/aromatic N) is 6. The topological polar surface area (TPSA) is 98.5 Å². The summed E-state index contributed by atoms with van der Waals surface area (Å²) in [5.41, 5.74) is 4.06. The van der Waals surface area contributed by atoms with Crippen molar-refractivity contribution in [1.82, 2.24) is 29.9 Å². The number of anilines is 1. The van der Waals surface area contributed by atoms with E-state index >= 15 is 0 Å². The summed E-state index contributed by atoms with van der Waals surface area (Å²) in [5.74, 6) is -0.0314. The highest BCUT2D eigenvalue weighted by molar-refractivity contribution is 7.99. The van der Waals surface area contributed by atoms with Gasteiger partial charge in [-0.05, 0) is 6.07 Å². The summed E-state index contributed by atoms with van der Waals surface area (Å²) in [7, 11) is 0. The molecule has 26 heavy (non-hydrogen) atoms. The van der Waals surface area contributed by atoms with Gasteiger partial charge < -0.3 is 4.57 Å². The van der Waals surface area contributed by atoms with Crippen LogP contribution in [0.1, 0.15) is 0 Å². The second kappa shape index (κ2) is 7.18. The lowest BCUT2D eigenvalue weighted by Gasteiger charge is -2.03. The third-order valence-electron chi connectivity index (χ3n) is 3.60. The number of amides is 1. The minimum absolute atomic E-state index is 0.161. The number of para-hydroxylation sites is 1. The fourth-order valence-electron chi connectivity index (χ4n) is 2.58. The largest absolute Gasteiger partial charge is 0.320 e. The average Bonchev–Trinajstić information content (AvgIpc) is 3.27. The molecule has 0 saturated heterocycles. The SMILES string of the molecule is C=CCn1c2ccccc2c2nnc(SCC(=O)Nc3nncs3)nc21. The van der Waals surface area contributed by atoms with Gasteiger partial charge in [-0.2, -0.15) is 0 Å². The molecule has 0 spiro atoms. The van der Waals surface area contributed by atoms with Crippen LogP contribution < -0.4 is 5.32 Å². The first-order chi connectivity index (χ1) is 12.8. The number of benzene rings is 1. The van der Waals surface area contributed by atoms with E-state index in [-0.39, 0.29) is 11.7 Å². The number of carbonyl (C=O) groups excluding carboxylic acids is 1. The Hall–Kier alpha value is -2.85. The summed E-state index contributed by atoms with van der Waals surface area (Å²) in [6, 6.07) is 7.95. The molecule has 0 aliphatic rings. The van der Waals surface area contributed by atoms with Gasteiger partial charge >= 0.3 is 0 Å². The van der Waals surface area contributed by atoms with Crippen LogP contribution in [0.5, 0.6) is 0 Å². The van der Waals surface area contributed by atoms with Gasteiger partial charge in [0.05, 0.1) is 11.3 Å². The van der Waals surface area contributed by atoms with Crippen LogP contribution in [0.25, 0.3) is 22.1 Å². The smallest absolute Gasteiger partial charge is 0.236 e. The third-order valence-corrected chi connectivity index (χ3v) is 5.05. The van der Waals surface area contributed by atoms with Crippen molar-refractivity contribution >= 4 is 56.2 Å². The van der Waals surface area contributed by atoms with Crippen LogP contribution in [-0.2, 0) is 11.3 Å². The van der Waals surface area contributed by atoms with E-state index < -0.39 is 0 Å². The first-order valence-electron chi connectivity index (χ1n) is 7.67. The molecule has 8 nitrogen and oxygen atoms in total. The number of hydrogen-bond acceptors (Lipinski definition) is 8. The standard InChI is InChI=1S/C16H13N7OS2/c1-2-7-23-11-6-4-3-5-10(11)13-14(23)19-16(22-20-13)25-8-12(24)18-15-21-17-9-26-15/h2-6,9H,1,7-8H2,(H,18,21,24). The molecule has 1 N–H and O–H groups in total. The molecule has 3 heterocycles. The molecule has 0 atom stereocenters. The van der Waals surface area contributed by atoms with Crippen molar-refractivity contribution < 1.29 is 4.79 Å². The van der Waals surface area contributed by atoms with Gasteiger partial charge in [-0.1, -0.05) is 47.4 Å². The van der Waals surface area contributed by atoms with E-state index in [0.717, 1.165) is 22.1 Å². The van der Waals surface area contributed by atoms with Crippen LogP contribution >= 0.6 is 23.1 Å². The predicted octanol–water partition coefficient (Wildman–Crippen LogP) is 2.75. The third kappa shape index (κ3) is 3.16. The highest BCUT2D eigenvalue weighted by Crippen LogP contribution is 2.27. The maximum atomic E-state index is 12.0.